The second-order valence-corrected chi connectivity index (χ2v) is 6.02. The van der Waals surface area contributed by atoms with Gasteiger partial charge in [-0.05, 0) is 51.1 Å². The molecule has 0 amide bonds. The minimum Gasteiger partial charge on any atom is -0.465 e. The molecule has 1 saturated heterocycles. The van der Waals surface area contributed by atoms with Gasteiger partial charge in [0.05, 0.1) is 13.2 Å². The Bertz CT molecular complexity index is 305. The summed E-state index contributed by atoms with van der Waals surface area (Å²) in [5, 5.41) is 3.30. The fourth-order valence-corrected chi connectivity index (χ4v) is 2.57. The summed E-state index contributed by atoms with van der Waals surface area (Å²) in [6, 6.07) is 0. The molecule has 0 atom stereocenters. The third-order valence-corrected chi connectivity index (χ3v) is 4.08. The van der Waals surface area contributed by atoms with E-state index in [1.807, 2.05) is 13.8 Å². The van der Waals surface area contributed by atoms with Crippen LogP contribution in [0.25, 0.3) is 0 Å². The molecule has 5 nitrogen and oxygen atoms in total. The van der Waals surface area contributed by atoms with Gasteiger partial charge in [0, 0.05) is 0 Å². The van der Waals surface area contributed by atoms with E-state index in [-0.39, 0.29) is 0 Å². The maximum atomic E-state index is 12.2. The van der Waals surface area contributed by atoms with Gasteiger partial charge in [-0.25, -0.2) is 0 Å². The van der Waals surface area contributed by atoms with E-state index in [2.05, 4.69) is 5.32 Å². The number of nitrogens with one attached hydrogen (secondary N) is 1. The highest BCUT2D eigenvalue weighted by Gasteiger charge is 2.32. The Morgan fingerprint density at radius 2 is 1.50 bits per heavy atom. The predicted molar refractivity (Wildman–Crippen MR) is 85.4 cm³/mol. The van der Waals surface area contributed by atoms with E-state index in [1.165, 1.54) is 0 Å². The fraction of sp³-hybridized carbons (Fsp3) is 0.882. The molecule has 0 spiro atoms. The second-order valence-electron chi connectivity index (χ2n) is 6.02. The number of piperidine rings is 1. The Morgan fingerprint density at radius 3 is 1.95 bits per heavy atom. The summed E-state index contributed by atoms with van der Waals surface area (Å²) in [5.41, 5.74) is 0. The van der Waals surface area contributed by atoms with Crippen LogP contribution in [0, 0.1) is 11.8 Å². The van der Waals surface area contributed by atoms with Crippen LogP contribution in [-0.2, 0) is 19.1 Å². The van der Waals surface area contributed by atoms with Crippen LogP contribution in [0.3, 0.4) is 0 Å². The molecule has 0 unspecified atom stereocenters. The van der Waals surface area contributed by atoms with E-state index in [0.717, 1.165) is 51.6 Å². The largest absolute Gasteiger partial charge is 0.465 e. The van der Waals surface area contributed by atoms with Gasteiger partial charge in [0.2, 0.25) is 0 Å². The maximum Gasteiger partial charge on any atom is 0.320 e. The molecule has 1 aliphatic heterocycles. The third-order valence-electron chi connectivity index (χ3n) is 4.08. The molecule has 1 fully saturated rings. The first kappa shape index (κ1) is 18.9. The van der Waals surface area contributed by atoms with Gasteiger partial charge in [-0.3, -0.25) is 9.59 Å². The quantitative estimate of drug-likeness (QED) is 0.382. The van der Waals surface area contributed by atoms with Crippen LogP contribution in [0.5, 0.6) is 0 Å². The molecule has 1 N–H and O–H groups in total. The van der Waals surface area contributed by atoms with Crippen LogP contribution in [0.2, 0.25) is 0 Å². The van der Waals surface area contributed by atoms with Crippen molar-refractivity contribution in [2.45, 2.75) is 58.8 Å². The van der Waals surface area contributed by atoms with Gasteiger partial charge in [0.1, 0.15) is 0 Å². The Labute approximate surface area is 134 Å². The third kappa shape index (κ3) is 7.25. The molecule has 1 rings (SSSR count). The summed E-state index contributed by atoms with van der Waals surface area (Å²) in [6.45, 7) is 6.76. The van der Waals surface area contributed by atoms with Crippen LogP contribution in [0.15, 0.2) is 0 Å². The smallest absolute Gasteiger partial charge is 0.320 e. The number of ether oxygens (including phenoxy) is 2. The van der Waals surface area contributed by atoms with Crippen LogP contribution in [0.1, 0.15) is 58.8 Å². The monoisotopic (exact) mass is 313 g/mol. The molecule has 0 aromatic heterocycles. The van der Waals surface area contributed by atoms with Crippen LogP contribution in [-0.4, -0.2) is 38.2 Å². The first-order valence-corrected chi connectivity index (χ1v) is 8.73. The highest BCUT2D eigenvalue weighted by molar-refractivity contribution is 5.94. The molecular weight excluding hydrogens is 282 g/mol. The number of esters is 2. The molecule has 22 heavy (non-hydrogen) atoms. The van der Waals surface area contributed by atoms with Crippen LogP contribution < -0.4 is 5.32 Å². The lowest BCUT2D eigenvalue weighted by Gasteiger charge is -2.25. The zero-order valence-corrected chi connectivity index (χ0v) is 14.1. The molecule has 0 aromatic rings. The molecule has 0 radical (unpaired) electrons. The van der Waals surface area contributed by atoms with E-state index in [9.17, 15) is 9.59 Å². The standard InChI is InChI=1S/C17H31NO4/c1-3-5-11-21-16(19)15(17(20)22-12-6-4-2)13-14-7-9-18-10-8-14/h14-15,18H,3-13H2,1-2H3. The van der Waals surface area contributed by atoms with Crippen LogP contribution in [0.4, 0.5) is 0 Å². The Kier molecular flexibility index (Phi) is 9.87. The van der Waals surface area contributed by atoms with Gasteiger partial charge < -0.3 is 14.8 Å². The summed E-state index contributed by atoms with van der Waals surface area (Å²) in [4.78, 5) is 24.5. The first-order chi connectivity index (χ1) is 10.7. The van der Waals surface area contributed by atoms with Crippen molar-refractivity contribution in [3.8, 4) is 0 Å². The van der Waals surface area contributed by atoms with Gasteiger partial charge in [-0.2, -0.15) is 0 Å². The minimum atomic E-state index is -0.753. The topological polar surface area (TPSA) is 64.6 Å². The Balaban J connectivity index is 2.53. The maximum absolute atomic E-state index is 12.2. The lowest BCUT2D eigenvalue weighted by molar-refractivity contribution is -0.163. The number of carbonyl (C=O) groups is 2. The lowest BCUT2D eigenvalue weighted by atomic mass is 9.87. The second kappa shape index (κ2) is 11.5. The summed E-state index contributed by atoms with van der Waals surface area (Å²) in [7, 11) is 0. The number of unbranched alkanes of at least 4 members (excludes halogenated alkanes) is 2. The van der Waals surface area contributed by atoms with Gasteiger partial charge >= 0.3 is 11.9 Å². The molecule has 1 heterocycles. The van der Waals surface area contributed by atoms with Gasteiger partial charge in [0.15, 0.2) is 5.92 Å². The number of carbonyl (C=O) groups excluding carboxylic acids is 2. The Morgan fingerprint density at radius 1 is 1.00 bits per heavy atom. The molecule has 5 heteroatoms. The van der Waals surface area contributed by atoms with Crippen LogP contribution >= 0.6 is 0 Å². The molecule has 1 aliphatic rings. The average Bonchev–Trinajstić information content (AvgIpc) is 2.54. The zero-order valence-electron chi connectivity index (χ0n) is 14.1. The summed E-state index contributed by atoms with van der Waals surface area (Å²) < 4.78 is 10.5. The van der Waals surface area contributed by atoms with Crippen molar-refractivity contribution in [3.05, 3.63) is 0 Å². The van der Waals surface area contributed by atoms with Crippen molar-refractivity contribution in [2.75, 3.05) is 26.3 Å². The zero-order chi connectivity index (χ0) is 16.2. The van der Waals surface area contributed by atoms with E-state index in [0.29, 0.717) is 25.6 Å². The van der Waals surface area contributed by atoms with Gasteiger partial charge in [0.25, 0.3) is 0 Å². The number of rotatable bonds is 10. The van der Waals surface area contributed by atoms with Crippen molar-refractivity contribution in [1.82, 2.24) is 5.32 Å². The van der Waals surface area contributed by atoms with Crippen molar-refractivity contribution in [2.24, 2.45) is 11.8 Å². The summed E-state index contributed by atoms with van der Waals surface area (Å²) >= 11 is 0. The van der Waals surface area contributed by atoms with Crippen molar-refractivity contribution >= 4 is 11.9 Å². The SMILES string of the molecule is CCCCOC(=O)C(CC1CCNCC1)C(=O)OCCCC. The Hall–Kier alpha value is -1.10. The molecule has 0 bridgehead atoms. The first-order valence-electron chi connectivity index (χ1n) is 8.73. The molecular formula is C17H31NO4. The summed E-state index contributed by atoms with van der Waals surface area (Å²) in [6.07, 6.45) is 6.15. The highest BCUT2D eigenvalue weighted by Crippen LogP contribution is 2.23. The molecule has 0 aliphatic carbocycles. The van der Waals surface area contributed by atoms with Crippen molar-refractivity contribution in [3.63, 3.8) is 0 Å². The van der Waals surface area contributed by atoms with E-state index in [4.69, 9.17) is 9.47 Å². The fourth-order valence-electron chi connectivity index (χ4n) is 2.57. The predicted octanol–water partition coefficient (Wildman–Crippen LogP) is 2.68. The molecule has 0 aromatic carbocycles. The van der Waals surface area contributed by atoms with Gasteiger partial charge in [-0.15, -0.1) is 0 Å². The minimum absolute atomic E-state index is 0.389. The van der Waals surface area contributed by atoms with E-state index < -0.39 is 17.9 Å². The number of hydrogen-bond acceptors (Lipinski definition) is 5. The van der Waals surface area contributed by atoms with Gasteiger partial charge in [-0.1, -0.05) is 26.7 Å². The highest BCUT2D eigenvalue weighted by atomic mass is 16.6. The van der Waals surface area contributed by atoms with Crippen molar-refractivity contribution < 1.29 is 19.1 Å². The molecule has 0 saturated carbocycles. The van der Waals surface area contributed by atoms with E-state index >= 15 is 0 Å². The lowest BCUT2D eigenvalue weighted by Crippen LogP contribution is -2.34. The van der Waals surface area contributed by atoms with Crippen molar-refractivity contribution in [1.29, 1.82) is 0 Å². The average molecular weight is 313 g/mol. The normalized spacial score (nSPS) is 15.8. The summed E-state index contributed by atoms with van der Waals surface area (Å²) in [5.74, 6) is -1.18. The number of hydrogen-bond donors (Lipinski definition) is 1. The van der Waals surface area contributed by atoms with E-state index in [1.54, 1.807) is 0 Å². The molecule has 128 valence electrons.